The molecule has 43 heavy (non-hydrogen) atoms. The molecule has 4 nitrogen and oxygen atoms in total. The smallest absolute Gasteiger partial charge is 0.172 e. The van der Waals surface area contributed by atoms with E-state index in [2.05, 4.69) is 38.2 Å². The molecule has 254 valence electrons. The van der Waals surface area contributed by atoms with Crippen molar-refractivity contribution in [2.45, 2.75) is 199 Å². The summed E-state index contributed by atoms with van der Waals surface area (Å²) >= 11 is 0. The van der Waals surface area contributed by atoms with Gasteiger partial charge in [-0.25, -0.2) is 0 Å². The highest BCUT2D eigenvalue weighted by atomic mass is 16.5. The molecule has 0 aromatic rings. The van der Waals surface area contributed by atoms with Crippen molar-refractivity contribution in [1.82, 2.24) is 0 Å². The van der Waals surface area contributed by atoms with E-state index in [1.54, 1.807) is 0 Å². The van der Waals surface area contributed by atoms with Gasteiger partial charge in [-0.3, -0.25) is 4.79 Å². The molecule has 0 bridgehead atoms. The Morgan fingerprint density at radius 2 is 0.814 bits per heavy atom. The minimum Gasteiger partial charge on any atom is -0.393 e. The Labute approximate surface area is 268 Å². The van der Waals surface area contributed by atoms with Gasteiger partial charge < -0.3 is 14.9 Å². The molecule has 0 spiro atoms. The van der Waals surface area contributed by atoms with Gasteiger partial charge in [0.2, 0.25) is 0 Å². The molecule has 2 N–H and O–H groups in total. The molecule has 0 saturated carbocycles. The van der Waals surface area contributed by atoms with Gasteiger partial charge in [0.05, 0.1) is 13.2 Å². The Hall–Kier alpha value is -0.970. The number of hydrogen-bond acceptors (Lipinski definition) is 4. The largest absolute Gasteiger partial charge is 0.393 e. The second kappa shape index (κ2) is 33.9. The van der Waals surface area contributed by atoms with E-state index < -0.39 is 18.8 Å². The highest BCUT2D eigenvalue weighted by Gasteiger charge is 2.37. The van der Waals surface area contributed by atoms with Crippen LogP contribution in [0.1, 0.15) is 194 Å². The molecule has 0 aromatic carbocycles. The van der Waals surface area contributed by atoms with E-state index in [1.807, 2.05) is 0 Å². The molecule has 0 amide bonds. The van der Waals surface area contributed by atoms with Gasteiger partial charge in [-0.1, -0.05) is 147 Å². The molecule has 0 aliphatic rings. The third-order valence-electron chi connectivity index (χ3n) is 8.72. The van der Waals surface area contributed by atoms with Crippen molar-refractivity contribution in [3.05, 3.63) is 24.3 Å². The average molecular weight is 607 g/mol. The first-order chi connectivity index (χ1) is 21.2. The molecule has 0 aromatic heterocycles. The Kier molecular flexibility index (Phi) is 33.1. The maximum absolute atomic E-state index is 12.8. The fraction of sp³-hybridized carbons (Fsp3) is 0.872. The predicted octanol–water partition coefficient (Wildman–Crippen LogP) is 11.4. The molecule has 0 rings (SSSR count). The van der Waals surface area contributed by atoms with Crippen LogP contribution in [0.15, 0.2) is 24.3 Å². The summed E-state index contributed by atoms with van der Waals surface area (Å²) in [5.41, 5.74) is -1.43. The summed E-state index contributed by atoms with van der Waals surface area (Å²) in [6, 6.07) is 0. The van der Waals surface area contributed by atoms with Gasteiger partial charge in [-0.15, -0.1) is 0 Å². The SMILES string of the molecule is CCCCCCCC/C=C\CCCCCCCCOC(CO)(CO)C(=O)CCCCCCC/C=C\CCCCCCCC. The number of aliphatic hydroxyl groups excluding tert-OH is 2. The van der Waals surface area contributed by atoms with Crippen LogP contribution >= 0.6 is 0 Å². The number of carbonyl (C=O) groups is 1. The van der Waals surface area contributed by atoms with Gasteiger partial charge in [0.25, 0.3) is 0 Å². The Morgan fingerprint density at radius 1 is 0.488 bits per heavy atom. The van der Waals surface area contributed by atoms with Crippen LogP contribution in [-0.2, 0) is 9.53 Å². The van der Waals surface area contributed by atoms with Gasteiger partial charge in [0.1, 0.15) is 0 Å². The van der Waals surface area contributed by atoms with E-state index in [-0.39, 0.29) is 5.78 Å². The third-order valence-corrected chi connectivity index (χ3v) is 8.72. The van der Waals surface area contributed by atoms with Crippen LogP contribution in [0.2, 0.25) is 0 Å². The summed E-state index contributed by atoms with van der Waals surface area (Å²) in [6.07, 6.45) is 43.0. The van der Waals surface area contributed by atoms with Crippen molar-refractivity contribution >= 4 is 5.78 Å². The molecule has 0 aliphatic carbocycles. The topological polar surface area (TPSA) is 66.8 Å². The quantitative estimate of drug-likeness (QED) is 0.0556. The lowest BCUT2D eigenvalue weighted by Crippen LogP contribution is -2.49. The van der Waals surface area contributed by atoms with Crippen LogP contribution in [0, 0.1) is 0 Å². The van der Waals surface area contributed by atoms with Crippen LogP contribution in [0.25, 0.3) is 0 Å². The zero-order chi connectivity index (χ0) is 31.5. The number of Topliss-reactive ketones (excluding diaryl/α,β-unsaturated/α-hetero) is 1. The molecule has 0 atom stereocenters. The summed E-state index contributed by atoms with van der Waals surface area (Å²) in [6.45, 7) is 4.06. The number of aliphatic hydroxyl groups is 2. The van der Waals surface area contributed by atoms with E-state index in [9.17, 15) is 15.0 Å². The van der Waals surface area contributed by atoms with E-state index >= 15 is 0 Å². The number of rotatable bonds is 35. The molecular formula is C39H74O4. The van der Waals surface area contributed by atoms with Gasteiger partial charge in [-0.2, -0.15) is 0 Å². The van der Waals surface area contributed by atoms with E-state index in [0.29, 0.717) is 13.0 Å². The molecule has 4 heteroatoms. The highest BCUT2D eigenvalue weighted by Crippen LogP contribution is 2.19. The first-order valence-corrected chi connectivity index (χ1v) is 18.9. The van der Waals surface area contributed by atoms with Crippen LogP contribution in [0.4, 0.5) is 0 Å². The molecule has 0 unspecified atom stereocenters. The Bertz CT molecular complexity index is 623. The number of unbranched alkanes of at least 4 members (excludes halogenated alkanes) is 23. The van der Waals surface area contributed by atoms with E-state index in [0.717, 1.165) is 38.5 Å². The van der Waals surface area contributed by atoms with Crippen molar-refractivity contribution in [3.8, 4) is 0 Å². The van der Waals surface area contributed by atoms with Crippen LogP contribution in [-0.4, -0.2) is 41.4 Å². The lowest BCUT2D eigenvalue weighted by atomic mass is 9.95. The summed E-state index contributed by atoms with van der Waals surface area (Å²) in [7, 11) is 0. The second-order valence-electron chi connectivity index (χ2n) is 12.9. The number of hydrogen-bond donors (Lipinski definition) is 2. The average Bonchev–Trinajstić information content (AvgIpc) is 3.02. The van der Waals surface area contributed by atoms with E-state index in [4.69, 9.17) is 4.74 Å². The fourth-order valence-electron chi connectivity index (χ4n) is 5.60. The minimum atomic E-state index is -1.43. The zero-order valence-electron chi connectivity index (χ0n) is 28.9. The van der Waals surface area contributed by atoms with Crippen molar-refractivity contribution < 1.29 is 19.7 Å². The third kappa shape index (κ3) is 27.1. The lowest BCUT2D eigenvalue weighted by Gasteiger charge is -2.28. The van der Waals surface area contributed by atoms with Crippen LogP contribution in [0.3, 0.4) is 0 Å². The molecule has 0 radical (unpaired) electrons. The zero-order valence-corrected chi connectivity index (χ0v) is 28.9. The summed E-state index contributed by atoms with van der Waals surface area (Å²) < 4.78 is 5.82. The van der Waals surface area contributed by atoms with Crippen molar-refractivity contribution in [2.75, 3.05) is 19.8 Å². The number of allylic oxidation sites excluding steroid dienone is 4. The lowest BCUT2D eigenvalue weighted by molar-refractivity contribution is -0.158. The second-order valence-corrected chi connectivity index (χ2v) is 12.9. The number of ketones is 1. The first kappa shape index (κ1) is 42.0. The van der Waals surface area contributed by atoms with Gasteiger partial charge in [0, 0.05) is 13.0 Å². The Balaban J connectivity index is 3.73. The highest BCUT2D eigenvalue weighted by molar-refractivity contribution is 5.87. The monoisotopic (exact) mass is 607 g/mol. The Morgan fingerprint density at radius 3 is 1.19 bits per heavy atom. The predicted molar refractivity (Wildman–Crippen MR) is 187 cm³/mol. The molecule has 0 saturated heterocycles. The van der Waals surface area contributed by atoms with Gasteiger partial charge in [0.15, 0.2) is 11.4 Å². The van der Waals surface area contributed by atoms with Crippen molar-refractivity contribution in [3.63, 3.8) is 0 Å². The fourth-order valence-corrected chi connectivity index (χ4v) is 5.60. The van der Waals surface area contributed by atoms with Gasteiger partial charge >= 0.3 is 0 Å². The molecule has 0 aliphatic heterocycles. The van der Waals surface area contributed by atoms with E-state index in [1.165, 1.54) is 135 Å². The molecule has 0 heterocycles. The first-order valence-electron chi connectivity index (χ1n) is 18.9. The maximum atomic E-state index is 12.8. The molecular weight excluding hydrogens is 532 g/mol. The van der Waals surface area contributed by atoms with Crippen molar-refractivity contribution in [1.29, 1.82) is 0 Å². The van der Waals surface area contributed by atoms with Gasteiger partial charge in [-0.05, 0) is 64.2 Å². The van der Waals surface area contributed by atoms with Crippen molar-refractivity contribution in [2.24, 2.45) is 0 Å². The summed E-state index contributed by atoms with van der Waals surface area (Å²) in [5.74, 6) is -0.153. The normalized spacial score (nSPS) is 12.3. The minimum absolute atomic E-state index is 0.153. The standard InChI is InChI=1S/C39H74O4/c1-3-5-7-9-11-13-15-17-19-21-23-25-27-29-31-33-35-43-39(36-40,37-41)38(42)34-32-30-28-26-24-22-20-18-16-14-12-10-8-6-4-2/h17-20,40-41H,3-16,21-37H2,1-2H3/b19-17-,20-18-. The maximum Gasteiger partial charge on any atom is 0.172 e. The summed E-state index contributed by atoms with van der Waals surface area (Å²) in [4.78, 5) is 12.8. The molecule has 0 fully saturated rings. The number of carbonyl (C=O) groups excluding carboxylic acids is 1. The van der Waals surface area contributed by atoms with Crippen LogP contribution in [0.5, 0.6) is 0 Å². The van der Waals surface area contributed by atoms with Crippen LogP contribution < -0.4 is 0 Å². The summed E-state index contributed by atoms with van der Waals surface area (Å²) in [5, 5.41) is 19.8. The number of ether oxygens (including phenoxy) is 1.